The summed E-state index contributed by atoms with van der Waals surface area (Å²) in [4.78, 5) is 32.2. The second kappa shape index (κ2) is 13.0. The van der Waals surface area contributed by atoms with Crippen LogP contribution >= 0.6 is 0 Å². The Labute approximate surface area is 256 Å². The maximum atomic E-state index is 13.9. The number of hydrogen-bond acceptors (Lipinski definition) is 5. The van der Waals surface area contributed by atoms with Crippen LogP contribution in [0.3, 0.4) is 0 Å². The summed E-state index contributed by atoms with van der Waals surface area (Å²) in [5.41, 5.74) is 4.38. The third-order valence-corrected chi connectivity index (χ3v) is 9.49. The maximum absolute atomic E-state index is 13.9. The standard InChI is InChI=1S/C34H35FN4O4S/c1-4-39(5-2)18-17-36-34(41)31-22(3)37-30(32(31)24-11-13-25(35)14-12-24)20-28-27-19-26(15-16-29(27)38-33(28)40)44(42,43)21-23-9-7-6-8-10-23/h6-16,19-20,37H,4-5,17-18,21H2,1-3H3,(H,36,41)(H,38,40). The number of carbonyl (C=O) groups excluding carboxylic acids is 2. The summed E-state index contributed by atoms with van der Waals surface area (Å²) in [5, 5.41) is 5.80. The van der Waals surface area contributed by atoms with E-state index in [9.17, 15) is 22.4 Å². The van der Waals surface area contributed by atoms with Crippen molar-refractivity contribution in [2.75, 3.05) is 31.5 Å². The van der Waals surface area contributed by atoms with Gasteiger partial charge in [0, 0.05) is 41.3 Å². The zero-order chi connectivity index (χ0) is 31.4. The number of likely N-dealkylation sites (N-methyl/N-ethyl adjacent to an activating group) is 1. The molecule has 3 aromatic carbocycles. The Bertz CT molecular complexity index is 1830. The molecule has 0 bridgehead atoms. The predicted molar refractivity (Wildman–Crippen MR) is 171 cm³/mol. The summed E-state index contributed by atoms with van der Waals surface area (Å²) in [5.74, 6) is -1.29. The molecule has 3 N–H and O–H groups in total. The van der Waals surface area contributed by atoms with E-state index >= 15 is 0 Å². The molecule has 4 aromatic rings. The number of hydrogen-bond donors (Lipinski definition) is 3. The minimum atomic E-state index is -3.70. The summed E-state index contributed by atoms with van der Waals surface area (Å²) >= 11 is 0. The summed E-state index contributed by atoms with van der Waals surface area (Å²) in [6.07, 6.45) is 1.62. The van der Waals surface area contributed by atoms with Crippen molar-refractivity contribution in [3.8, 4) is 11.1 Å². The van der Waals surface area contributed by atoms with Crippen LogP contribution in [0.1, 0.15) is 46.7 Å². The number of rotatable bonds is 11. The average molecular weight is 615 g/mol. The molecule has 8 nitrogen and oxygen atoms in total. The molecule has 0 aliphatic carbocycles. The molecule has 10 heteroatoms. The number of aryl methyl sites for hydroxylation is 1. The van der Waals surface area contributed by atoms with Gasteiger partial charge >= 0.3 is 0 Å². The Balaban J connectivity index is 1.55. The van der Waals surface area contributed by atoms with Gasteiger partial charge in [0.15, 0.2) is 9.84 Å². The largest absolute Gasteiger partial charge is 0.358 e. The molecule has 0 radical (unpaired) electrons. The molecule has 0 atom stereocenters. The number of H-pyrrole nitrogens is 1. The summed E-state index contributed by atoms with van der Waals surface area (Å²) in [6.45, 7) is 8.77. The molecule has 0 spiro atoms. The summed E-state index contributed by atoms with van der Waals surface area (Å²) < 4.78 is 40.5. The van der Waals surface area contributed by atoms with E-state index in [0.717, 1.165) is 13.1 Å². The highest BCUT2D eigenvalue weighted by molar-refractivity contribution is 7.90. The van der Waals surface area contributed by atoms with Crippen molar-refractivity contribution in [1.82, 2.24) is 15.2 Å². The minimum absolute atomic E-state index is 0.0946. The molecule has 44 heavy (non-hydrogen) atoms. The predicted octanol–water partition coefficient (Wildman–Crippen LogP) is 5.67. The van der Waals surface area contributed by atoms with Gasteiger partial charge in [-0.25, -0.2) is 12.8 Å². The van der Waals surface area contributed by atoms with E-state index in [1.807, 2.05) is 6.07 Å². The van der Waals surface area contributed by atoms with E-state index in [1.165, 1.54) is 24.3 Å². The first-order valence-corrected chi connectivity index (χ1v) is 16.2. The van der Waals surface area contributed by atoms with Crippen molar-refractivity contribution in [3.05, 3.63) is 107 Å². The lowest BCUT2D eigenvalue weighted by atomic mass is 9.97. The fourth-order valence-corrected chi connectivity index (χ4v) is 6.81. The number of aromatic amines is 1. The smallest absolute Gasteiger partial charge is 0.256 e. The van der Waals surface area contributed by atoms with E-state index in [0.29, 0.717) is 58.0 Å². The van der Waals surface area contributed by atoms with E-state index in [2.05, 4.69) is 34.4 Å². The van der Waals surface area contributed by atoms with Gasteiger partial charge in [-0.2, -0.15) is 0 Å². The van der Waals surface area contributed by atoms with Crippen LogP contribution in [-0.2, 0) is 20.4 Å². The van der Waals surface area contributed by atoms with Gasteiger partial charge in [0.05, 0.1) is 21.8 Å². The number of benzene rings is 3. The molecule has 1 aliphatic heterocycles. The quantitative estimate of drug-likeness (QED) is 0.189. The van der Waals surface area contributed by atoms with Crippen molar-refractivity contribution in [1.29, 1.82) is 0 Å². The van der Waals surface area contributed by atoms with Crippen LogP contribution in [0.4, 0.5) is 10.1 Å². The molecule has 0 fully saturated rings. The van der Waals surface area contributed by atoms with Crippen LogP contribution in [0, 0.1) is 12.7 Å². The van der Waals surface area contributed by atoms with Gasteiger partial charge in [-0.05, 0) is 67.5 Å². The van der Waals surface area contributed by atoms with Crippen LogP contribution in [0.15, 0.2) is 77.7 Å². The van der Waals surface area contributed by atoms with Gasteiger partial charge in [-0.1, -0.05) is 56.3 Å². The molecule has 0 unspecified atom stereocenters. The van der Waals surface area contributed by atoms with Crippen LogP contribution in [0.25, 0.3) is 22.8 Å². The minimum Gasteiger partial charge on any atom is -0.358 e. The normalized spacial score (nSPS) is 13.8. The number of carbonyl (C=O) groups is 2. The van der Waals surface area contributed by atoms with Gasteiger partial charge in [-0.3, -0.25) is 9.59 Å². The zero-order valence-electron chi connectivity index (χ0n) is 24.9. The van der Waals surface area contributed by atoms with Gasteiger partial charge in [0.1, 0.15) is 5.82 Å². The number of fused-ring (bicyclic) bond motifs is 1. The number of halogens is 1. The fourth-order valence-electron chi connectivity index (χ4n) is 5.44. The number of sulfone groups is 1. The first-order valence-electron chi connectivity index (χ1n) is 14.5. The van der Waals surface area contributed by atoms with Gasteiger partial charge in [-0.15, -0.1) is 0 Å². The Hall–Kier alpha value is -4.54. The number of aromatic nitrogens is 1. The van der Waals surface area contributed by atoms with E-state index in [1.54, 1.807) is 55.5 Å². The third-order valence-electron chi connectivity index (χ3n) is 7.81. The van der Waals surface area contributed by atoms with Crippen LogP contribution < -0.4 is 10.6 Å². The van der Waals surface area contributed by atoms with Crippen molar-refractivity contribution < 1.29 is 22.4 Å². The Kier molecular flexibility index (Phi) is 9.12. The van der Waals surface area contributed by atoms with Crippen LogP contribution in [-0.4, -0.2) is 56.3 Å². The molecule has 0 saturated carbocycles. The van der Waals surface area contributed by atoms with Crippen molar-refractivity contribution in [2.45, 2.75) is 31.4 Å². The van der Waals surface area contributed by atoms with Crippen molar-refractivity contribution in [2.24, 2.45) is 0 Å². The van der Waals surface area contributed by atoms with Crippen molar-refractivity contribution in [3.63, 3.8) is 0 Å². The molecule has 1 aliphatic rings. The number of nitrogens with zero attached hydrogens (tertiary/aromatic N) is 1. The first-order chi connectivity index (χ1) is 21.1. The van der Waals surface area contributed by atoms with Crippen molar-refractivity contribution >= 4 is 39.0 Å². The fraction of sp³-hybridized carbons (Fsp3) is 0.235. The molecule has 228 valence electrons. The zero-order valence-corrected chi connectivity index (χ0v) is 25.7. The Morgan fingerprint density at radius 3 is 2.39 bits per heavy atom. The molecular weight excluding hydrogens is 579 g/mol. The Morgan fingerprint density at radius 2 is 1.70 bits per heavy atom. The average Bonchev–Trinajstić information content (AvgIpc) is 3.50. The topological polar surface area (TPSA) is 111 Å². The number of amides is 2. The SMILES string of the molecule is CCN(CC)CCNC(=O)c1c(C)[nH]c(C=C2C(=O)Nc3ccc(S(=O)(=O)Cc4ccccc4)cc32)c1-c1ccc(F)cc1. The van der Waals surface area contributed by atoms with Gasteiger partial charge in [0.25, 0.3) is 11.8 Å². The third kappa shape index (κ3) is 6.51. The highest BCUT2D eigenvalue weighted by Gasteiger charge is 2.29. The highest BCUT2D eigenvalue weighted by atomic mass is 32.2. The molecule has 0 saturated heterocycles. The lowest BCUT2D eigenvalue weighted by Crippen LogP contribution is -2.35. The van der Waals surface area contributed by atoms with E-state index < -0.39 is 21.6 Å². The number of nitrogens with one attached hydrogen (secondary N) is 3. The number of anilines is 1. The van der Waals surface area contributed by atoms with E-state index in [4.69, 9.17) is 0 Å². The molecule has 1 aromatic heterocycles. The Morgan fingerprint density at radius 1 is 1.00 bits per heavy atom. The second-order valence-electron chi connectivity index (χ2n) is 10.7. The summed E-state index contributed by atoms with van der Waals surface area (Å²) in [7, 11) is -3.70. The molecular formula is C34H35FN4O4S. The second-order valence-corrected chi connectivity index (χ2v) is 12.7. The highest BCUT2D eigenvalue weighted by Crippen LogP contribution is 2.38. The molecule has 2 amide bonds. The molecule has 2 heterocycles. The van der Waals surface area contributed by atoms with Gasteiger partial charge < -0.3 is 20.5 Å². The lowest BCUT2D eigenvalue weighted by Gasteiger charge is -2.18. The molecule has 5 rings (SSSR count). The summed E-state index contributed by atoms with van der Waals surface area (Å²) in [6, 6.07) is 19.3. The lowest BCUT2D eigenvalue weighted by molar-refractivity contribution is -0.110. The first kappa shape index (κ1) is 30.9. The van der Waals surface area contributed by atoms with Gasteiger partial charge in [0.2, 0.25) is 0 Å². The monoisotopic (exact) mass is 614 g/mol. The van der Waals surface area contributed by atoms with E-state index in [-0.39, 0.29) is 22.1 Å². The van der Waals surface area contributed by atoms with Crippen LogP contribution in [0.5, 0.6) is 0 Å². The maximum Gasteiger partial charge on any atom is 0.256 e. The van der Waals surface area contributed by atoms with Crippen LogP contribution in [0.2, 0.25) is 0 Å².